The van der Waals surface area contributed by atoms with Gasteiger partial charge in [0.05, 0.1) is 18.9 Å². The van der Waals surface area contributed by atoms with Crippen LogP contribution in [0, 0.1) is 0 Å². The minimum atomic E-state index is -0.707. The summed E-state index contributed by atoms with van der Waals surface area (Å²) in [6.45, 7) is 0. The Labute approximate surface area is 140 Å². The number of carbonyl (C=O) groups excluding carboxylic acids is 2. The summed E-state index contributed by atoms with van der Waals surface area (Å²) in [6.07, 6.45) is 1.44. The van der Waals surface area contributed by atoms with Crippen LogP contribution in [0.15, 0.2) is 39.0 Å². The van der Waals surface area contributed by atoms with E-state index in [0.29, 0.717) is 11.1 Å². The van der Waals surface area contributed by atoms with Crippen molar-refractivity contribution in [2.45, 2.75) is 12.8 Å². The molecule has 2 rings (SSSR count). The summed E-state index contributed by atoms with van der Waals surface area (Å²) in [7, 11) is 1.30. The third-order valence-corrected chi connectivity index (χ3v) is 3.11. The van der Waals surface area contributed by atoms with Crippen molar-refractivity contribution >= 4 is 18.1 Å². The van der Waals surface area contributed by atoms with Crippen LogP contribution in [0.1, 0.15) is 28.0 Å². The molecule has 10 heteroatoms. The maximum Gasteiger partial charge on any atom is 0.342 e. The number of ether oxygens (including phenoxy) is 1. The average Bonchev–Trinajstić information content (AvgIpc) is 2.61. The summed E-state index contributed by atoms with van der Waals surface area (Å²) in [6, 6.07) is 6.43. The van der Waals surface area contributed by atoms with E-state index in [-0.39, 0.29) is 18.5 Å². The number of aromatic nitrogens is 3. The summed E-state index contributed by atoms with van der Waals surface area (Å²) in [5, 5.41) is 9.44. The van der Waals surface area contributed by atoms with Crippen LogP contribution in [0.2, 0.25) is 0 Å². The maximum atomic E-state index is 11.7. The second-order valence-corrected chi connectivity index (χ2v) is 4.86. The lowest BCUT2D eigenvalue weighted by Crippen LogP contribution is -2.28. The molecule has 1 amide bonds. The van der Waals surface area contributed by atoms with Crippen molar-refractivity contribution < 1.29 is 14.3 Å². The molecule has 0 bridgehead atoms. The Morgan fingerprint density at radius 2 is 2.00 bits per heavy atom. The van der Waals surface area contributed by atoms with Crippen LogP contribution in [0.5, 0.6) is 0 Å². The van der Waals surface area contributed by atoms with Gasteiger partial charge in [0, 0.05) is 12.8 Å². The number of amides is 1. The number of methoxy groups -OCH3 is 1. The third-order valence-electron chi connectivity index (χ3n) is 3.11. The fraction of sp³-hybridized carbons (Fsp3) is 0.200. The first-order valence-corrected chi connectivity index (χ1v) is 7.18. The number of hydrogen-bond donors (Lipinski definition) is 3. The van der Waals surface area contributed by atoms with Gasteiger partial charge in [-0.2, -0.15) is 10.2 Å². The van der Waals surface area contributed by atoms with E-state index in [1.54, 1.807) is 24.3 Å². The molecule has 0 spiro atoms. The molecule has 0 fully saturated rings. The van der Waals surface area contributed by atoms with Crippen LogP contribution < -0.4 is 16.7 Å². The molecule has 10 nitrogen and oxygen atoms in total. The van der Waals surface area contributed by atoms with Gasteiger partial charge in [-0.05, 0) is 17.7 Å². The molecule has 130 valence electrons. The molecule has 3 N–H and O–H groups in total. The summed E-state index contributed by atoms with van der Waals surface area (Å²) in [5.74, 6) is -0.863. The maximum absolute atomic E-state index is 11.7. The number of H-pyrrole nitrogens is 2. The topological polar surface area (TPSA) is 146 Å². The van der Waals surface area contributed by atoms with Crippen molar-refractivity contribution in [3.8, 4) is 0 Å². The number of rotatable bonds is 6. The molecule has 0 radical (unpaired) electrons. The number of nitrogens with one attached hydrogen (secondary N) is 3. The smallest absolute Gasteiger partial charge is 0.342 e. The Morgan fingerprint density at radius 1 is 1.28 bits per heavy atom. The highest BCUT2D eigenvalue weighted by Crippen LogP contribution is 2.03. The molecule has 2 aromatic rings. The van der Waals surface area contributed by atoms with Gasteiger partial charge < -0.3 is 4.74 Å². The van der Waals surface area contributed by atoms with Gasteiger partial charge in [-0.25, -0.2) is 20.1 Å². The molecular weight excluding hydrogens is 330 g/mol. The minimum Gasteiger partial charge on any atom is -0.465 e. The van der Waals surface area contributed by atoms with Crippen LogP contribution in [0.3, 0.4) is 0 Å². The van der Waals surface area contributed by atoms with Gasteiger partial charge in [0.2, 0.25) is 5.91 Å². The monoisotopic (exact) mass is 345 g/mol. The molecule has 0 aliphatic heterocycles. The molecule has 0 aliphatic carbocycles. The number of hydrogen-bond acceptors (Lipinski definition) is 7. The zero-order valence-corrected chi connectivity index (χ0v) is 13.2. The summed E-state index contributed by atoms with van der Waals surface area (Å²) < 4.78 is 4.59. The van der Waals surface area contributed by atoms with Crippen molar-refractivity contribution in [1.29, 1.82) is 0 Å². The van der Waals surface area contributed by atoms with E-state index in [1.165, 1.54) is 13.3 Å². The second-order valence-electron chi connectivity index (χ2n) is 4.86. The van der Waals surface area contributed by atoms with Gasteiger partial charge in [0.1, 0.15) is 5.69 Å². The van der Waals surface area contributed by atoms with Crippen LogP contribution in [-0.2, 0) is 16.0 Å². The lowest BCUT2D eigenvalue weighted by atomic mass is 10.1. The molecule has 1 aromatic heterocycles. The molecule has 0 atom stereocenters. The molecule has 25 heavy (non-hydrogen) atoms. The van der Waals surface area contributed by atoms with Gasteiger partial charge in [-0.1, -0.05) is 12.1 Å². The Balaban J connectivity index is 1.84. The number of nitrogens with zero attached hydrogens (tertiary/aromatic N) is 2. The predicted octanol–water partition coefficient (Wildman–Crippen LogP) is -0.672. The van der Waals surface area contributed by atoms with Crippen molar-refractivity contribution in [1.82, 2.24) is 20.6 Å². The van der Waals surface area contributed by atoms with Gasteiger partial charge in [0.15, 0.2) is 0 Å². The van der Waals surface area contributed by atoms with Crippen molar-refractivity contribution in [2.75, 3.05) is 7.11 Å². The molecular formula is C15H15N5O5. The van der Waals surface area contributed by atoms with Crippen LogP contribution >= 0.6 is 0 Å². The Bertz CT molecular complexity index is 898. The quantitative estimate of drug-likeness (QED) is 0.359. The molecule has 0 saturated heterocycles. The van der Waals surface area contributed by atoms with Gasteiger partial charge >= 0.3 is 11.7 Å². The SMILES string of the molecule is COC(=O)c1ccc(/C=N\NC(=O)CCc2n[nH]c(=O)[nH]c2=O)cc1. The number of aromatic amines is 2. The molecule has 0 unspecified atom stereocenters. The van der Waals surface area contributed by atoms with E-state index in [0.717, 1.165) is 0 Å². The van der Waals surface area contributed by atoms with Gasteiger partial charge in [-0.15, -0.1) is 0 Å². The fourth-order valence-corrected chi connectivity index (χ4v) is 1.83. The number of esters is 1. The molecule has 0 aliphatic rings. The highest BCUT2D eigenvalue weighted by molar-refractivity contribution is 5.90. The van der Waals surface area contributed by atoms with E-state index in [2.05, 4.69) is 25.5 Å². The van der Waals surface area contributed by atoms with E-state index < -0.39 is 23.1 Å². The number of benzene rings is 1. The van der Waals surface area contributed by atoms with Gasteiger partial charge in [-0.3, -0.25) is 14.6 Å². The van der Waals surface area contributed by atoms with Crippen LogP contribution in [-0.4, -0.2) is 40.4 Å². The predicted molar refractivity (Wildman–Crippen MR) is 87.3 cm³/mol. The van der Waals surface area contributed by atoms with E-state index in [4.69, 9.17) is 0 Å². The standard InChI is InChI=1S/C15H15N5O5/c1-25-14(23)10-4-2-9(3-5-10)8-16-19-12(21)7-6-11-13(22)17-15(24)20-18-11/h2-5,8H,6-7H2,1H3,(H,19,21)(H2,17,20,22,24)/b16-8-. The highest BCUT2D eigenvalue weighted by atomic mass is 16.5. The normalized spacial score (nSPS) is 10.6. The Kier molecular flexibility index (Phi) is 5.93. The summed E-state index contributed by atoms with van der Waals surface area (Å²) >= 11 is 0. The fourth-order valence-electron chi connectivity index (χ4n) is 1.83. The van der Waals surface area contributed by atoms with Crippen molar-refractivity contribution in [3.63, 3.8) is 0 Å². The average molecular weight is 345 g/mol. The first kappa shape index (κ1) is 17.8. The first-order chi connectivity index (χ1) is 12.0. The van der Waals surface area contributed by atoms with E-state index >= 15 is 0 Å². The van der Waals surface area contributed by atoms with E-state index in [9.17, 15) is 19.2 Å². The van der Waals surface area contributed by atoms with Crippen LogP contribution in [0.25, 0.3) is 0 Å². The number of hydrazone groups is 1. The summed E-state index contributed by atoms with van der Waals surface area (Å²) in [4.78, 5) is 47.2. The van der Waals surface area contributed by atoms with Gasteiger partial charge in [0.25, 0.3) is 5.56 Å². The third kappa shape index (κ3) is 5.23. The zero-order valence-electron chi connectivity index (χ0n) is 13.2. The highest BCUT2D eigenvalue weighted by Gasteiger charge is 2.06. The lowest BCUT2D eigenvalue weighted by Gasteiger charge is -2.00. The van der Waals surface area contributed by atoms with E-state index in [1.807, 2.05) is 4.98 Å². The summed E-state index contributed by atoms with van der Waals surface area (Å²) in [5.41, 5.74) is 2.10. The minimum absolute atomic E-state index is 0.0270. The largest absolute Gasteiger partial charge is 0.465 e. The van der Waals surface area contributed by atoms with Crippen molar-refractivity contribution in [3.05, 3.63) is 61.9 Å². The Hall–Kier alpha value is -3.56. The van der Waals surface area contributed by atoms with Crippen molar-refractivity contribution in [2.24, 2.45) is 5.10 Å². The first-order valence-electron chi connectivity index (χ1n) is 7.18. The lowest BCUT2D eigenvalue weighted by molar-refractivity contribution is -0.121. The molecule has 1 heterocycles. The number of carbonyl (C=O) groups is 2. The Morgan fingerprint density at radius 3 is 2.64 bits per heavy atom. The molecule has 0 saturated carbocycles. The molecule has 1 aromatic carbocycles. The second kappa shape index (κ2) is 8.34. The van der Waals surface area contributed by atoms with Crippen LogP contribution in [0.4, 0.5) is 0 Å². The zero-order chi connectivity index (χ0) is 18.2. The number of aryl methyl sites for hydroxylation is 1.